The number of carbonyl (C=O) groups excluding carboxylic acids is 2. The van der Waals surface area contributed by atoms with Gasteiger partial charge in [-0.2, -0.15) is 0 Å². The number of hydrogen-bond donors (Lipinski definition) is 0. The third-order valence-electron chi connectivity index (χ3n) is 3.17. The molecule has 0 spiro atoms. The first-order valence-corrected chi connectivity index (χ1v) is 6.57. The monoisotopic (exact) mass is 301 g/mol. The Kier molecular flexibility index (Phi) is 3.31. The molecule has 1 aliphatic rings. The van der Waals surface area contributed by atoms with Gasteiger partial charge in [-0.05, 0) is 29.8 Å². The van der Waals surface area contributed by atoms with Gasteiger partial charge in [0.15, 0.2) is 0 Å². The van der Waals surface area contributed by atoms with Crippen LogP contribution in [0.25, 0.3) is 5.57 Å². The van der Waals surface area contributed by atoms with Gasteiger partial charge < -0.3 is 0 Å². The first-order valence-electron chi connectivity index (χ1n) is 6.19. The maximum atomic E-state index is 13.0. The SMILES string of the molecule is O=C1C(Cl)=C(c2ccc(F)cc2)C(=O)N1c1ccccc1. The highest BCUT2D eigenvalue weighted by Gasteiger charge is 2.39. The van der Waals surface area contributed by atoms with Gasteiger partial charge in [-0.15, -0.1) is 0 Å². The number of imide groups is 1. The van der Waals surface area contributed by atoms with Crippen molar-refractivity contribution < 1.29 is 14.0 Å². The standard InChI is InChI=1S/C16H9ClFNO2/c17-14-13(10-6-8-11(18)9-7-10)15(20)19(16(14)21)12-4-2-1-3-5-12/h1-9H. The average molecular weight is 302 g/mol. The zero-order chi connectivity index (χ0) is 15.0. The van der Waals surface area contributed by atoms with Crippen molar-refractivity contribution in [1.82, 2.24) is 0 Å². The average Bonchev–Trinajstić information content (AvgIpc) is 2.72. The van der Waals surface area contributed by atoms with Crippen LogP contribution in [0.2, 0.25) is 0 Å². The largest absolute Gasteiger partial charge is 0.277 e. The second-order valence-corrected chi connectivity index (χ2v) is 4.86. The van der Waals surface area contributed by atoms with E-state index in [4.69, 9.17) is 11.6 Å². The number of anilines is 1. The van der Waals surface area contributed by atoms with Crippen molar-refractivity contribution in [3.8, 4) is 0 Å². The number of para-hydroxylation sites is 1. The highest BCUT2D eigenvalue weighted by atomic mass is 35.5. The minimum Gasteiger partial charge on any atom is -0.268 e. The van der Waals surface area contributed by atoms with Crippen molar-refractivity contribution >= 4 is 34.7 Å². The van der Waals surface area contributed by atoms with E-state index in [1.54, 1.807) is 30.3 Å². The minimum atomic E-state index is -0.577. The molecule has 5 heteroatoms. The van der Waals surface area contributed by atoms with E-state index in [0.717, 1.165) is 4.90 Å². The predicted molar refractivity (Wildman–Crippen MR) is 78.1 cm³/mol. The third kappa shape index (κ3) is 2.23. The van der Waals surface area contributed by atoms with Crippen LogP contribution in [0.1, 0.15) is 5.56 Å². The normalized spacial score (nSPS) is 15.0. The molecule has 0 saturated heterocycles. The first-order chi connectivity index (χ1) is 10.1. The summed E-state index contributed by atoms with van der Waals surface area (Å²) >= 11 is 6.02. The van der Waals surface area contributed by atoms with Gasteiger partial charge in [0.25, 0.3) is 11.8 Å². The Bertz CT molecular complexity index is 754. The Morgan fingerprint density at radius 1 is 0.857 bits per heavy atom. The molecule has 2 amide bonds. The zero-order valence-electron chi connectivity index (χ0n) is 10.7. The topological polar surface area (TPSA) is 37.4 Å². The molecule has 0 bridgehead atoms. The van der Waals surface area contributed by atoms with Crippen molar-refractivity contribution in [2.75, 3.05) is 4.90 Å². The lowest BCUT2D eigenvalue weighted by molar-refractivity contribution is -0.119. The summed E-state index contributed by atoms with van der Waals surface area (Å²) in [5.41, 5.74) is 0.950. The van der Waals surface area contributed by atoms with Crippen molar-refractivity contribution in [1.29, 1.82) is 0 Å². The summed E-state index contributed by atoms with van der Waals surface area (Å²) < 4.78 is 13.0. The number of nitrogens with zero attached hydrogens (tertiary/aromatic N) is 1. The second-order valence-electron chi connectivity index (χ2n) is 4.48. The van der Waals surface area contributed by atoms with E-state index in [-0.39, 0.29) is 10.6 Å². The lowest BCUT2D eigenvalue weighted by Crippen LogP contribution is -2.31. The predicted octanol–water partition coefficient (Wildman–Crippen LogP) is 3.35. The highest BCUT2D eigenvalue weighted by Crippen LogP contribution is 2.34. The lowest BCUT2D eigenvalue weighted by Gasteiger charge is -2.14. The van der Waals surface area contributed by atoms with E-state index < -0.39 is 17.6 Å². The Balaban J connectivity index is 2.05. The van der Waals surface area contributed by atoms with E-state index in [9.17, 15) is 14.0 Å². The molecule has 2 aromatic rings. The van der Waals surface area contributed by atoms with Crippen LogP contribution in [0.15, 0.2) is 59.6 Å². The van der Waals surface area contributed by atoms with E-state index in [2.05, 4.69) is 0 Å². The molecule has 3 nitrogen and oxygen atoms in total. The minimum absolute atomic E-state index is 0.0884. The van der Waals surface area contributed by atoms with Crippen LogP contribution in [-0.2, 0) is 9.59 Å². The number of halogens is 2. The number of rotatable bonds is 2. The summed E-state index contributed by atoms with van der Waals surface area (Å²) in [5, 5.41) is -0.157. The van der Waals surface area contributed by atoms with Gasteiger partial charge in [0, 0.05) is 0 Å². The number of amides is 2. The fourth-order valence-corrected chi connectivity index (χ4v) is 2.46. The fourth-order valence-electron chi connectivity index (χ4n) is 2.18. The third-order valence-corrected chi connectivity index (χ3v) is 3.53. The van der Waals surface area contributed by atoms with Crippen LogP contribution < -0.4 is 4.90 Å². The van der Waals surface area contributed by atoms with Gasteiger partial charge in [-0.1, -0.05) is 41.9 Å². The Hall–Kier alpha value is -2.46. The molecule has 21 heavy (non-hydrogen) atoms. The molecule has 2 aromatic carbocycles. The maximum Gasteiger partial charge on any atom is 0.277 e. The molecule has 3 rings (SSSR count). The maximum absolute atomic E-state index is 13.0. The zero-order valence-corrected chi connectivity index (χ0v) is 11.5. The Morgan fingerprint density at radius 3 is 2.10 bits per heavy atom. The van der Waals surface area contributed by atoms with Crippen LogP contribution in [0.4, 0.5) is 10.1 Å². The van der Waals surface area contributed by atoms with Gasteiger partial charge in [-0.25, -0.2) is 9.29 Å². The molecular formula is C16H9ClFNO2. The van der Waals surface area contributed by atoms with Crippen molar-refractivity contribution in [2.45, 2.75) is 0 Å². The summed E-state index contributed by atoms with van der Waals surface area (Å²) in [4.78, 5) is 25.7. The highest BCUT2D eigenvalue weighted by molar-refractivity contribution is 6.60. The van der Waals surface area contributed by atoms with Gasteiger partial charge in [-0.3, -0.25) is 9.59 Å². The number of benzene rings is 2. The molecule has 0 N–H and O–H groups in total. The van der Waals surface area contributed by atoms with Gasteiger partial charge in [0.2, 0.25) is 0 Å². The van der Waals surface area contributed by atoms with E-state index >= 15 is 0 Å². The molecule has 1 aliphatic heterocycles. The fraction of sp³-hybridized carbons (Fsp3) is 0. The molecule has 1 heterocycles. The summed E-state index contributed by atoms with van der Waals surface area (Å²) in [5.74, 6) is -1.51. The summed E-state index contributed by atoms with van der Waals surface area (Å²) in [6.45, 7) is 0. The van der Waals surface area contributed by atoms with Gasteiger partial charge in [0.05, 0.1) is 11.3 Å². The molecule has 0 fully saturated rings. The van der Waals surface area contributed by atoms with E-state index in [0.29, 0.717) is 11.3 Å². The van der Waals surface area contributed by atoms with E-state index in [1.165, 1.54) is 24.3 Å². The van der Waals surface area contributed by atoms with Crippen LogP contribution in [0, 0.1) is 5.82 Å². The van der Waals surface area contributed by atoms with E-state index in [1.807, 2.05) is 0 Å². The smallest absolute Gasteiger partial charge is 0.268 e. The second kappa shape index (κ2) is 5.14. The molecule has 0 atom stereocenters. The Morgan fingerprint density at radius 2 is 1.48 bits per heavy atom. The van der Waals surface area contributed by atoms with Crippen molar-refractivity contribution in [2.24, 2.45) is 0 Å². The number of hydrogen-bond acceptors (Lipinski definition) is 2. The summed E-state index contributed by atoms with van der Waals surface area (Å²) in [7, 11) is 0. The van der Waals surface area contributed by atoms with Crippen LogP contribution in [-0.4, -0.2) is 11.8 Å². The lowest BCUT2D eigenvalue weighted by atomic mass is 10.1. The van der Waals surface area contributed by atoms with Gasteiger partial charge in [0.1, 0.15) is 10.8 Å². The van der Waals surface area contributed by atoms with Crippen LogP contribution in [0.3, 0.4) is 0 Å². The molecule has 0 aromatic heterocycles. The molecule has 0 saturated carbocycles. The quantitative estimate of drug-likeness (QED) is 0.798. The molecule has 0 aliphatic carbocycles. The molecule has 0 unspecified atom stereocenters. The molecular weight excluding hydrogens is 293 g/mol. The summed E-state index contributed by atoms with van der Waals surface area (Å²) in [6.07, 6.45) is 0. The summed E-state index contributed by atoms with van der Waals surface area (Å²) in [6, 6.07) is 13.8. The van der Waals surface area contributed by atoms with Crippen LogP contribution in [0.5, 0.6) is 0 Å². The van der Waals surface area contributed by atoms with Crippen molar-refractivity contribution in [3.63, 3.8) is 0 Å². The van der Waals surface area contributed by atoms with Gasteiger partial charge >= 0.3 is 0 Å². The molecule has 104 valence electrons. The Labute approximate surface area is 125 Å². The first kappa shape index (κ1) is 13.5. The van der Waals surface area contributed by atoms with Crippen molar-refractivity contribution in [3.05, 3.63) is 71.0 Å². The number of carbonyl (C=O) groups is 2. The molecule has 0 radical (unpaired) electrons. The van der Waals surface area contributed by atoms with Crippen LogP contribution >= 0.6 is 11.6 Å².